The Bertz CT molecular complexity index is 496. The van der Waals surface area contributed by atoms with Gasteiger partial charge < -0.3 is 5.53 Å². The molecule has 17 heavy (non-hydrogen) atoms. The van der Waals surface area contributed by atoms with E-state index >= 15 is 0 Å². The van der Waals surface area contributed by atoms with Gasteiger partial charge >= 0.3 is 11.5 Å². The molecule has 1 aliphatic carbocycles. The zero-order valence-electron chi connectivity index (χ0n) is 10.0. The molecule has 0 bridgehead atoms. The maximum atomic E-state index is 11.9. The van der Waals surface area contributed by atoms with E-state index in [1.165, 1.54) is 6.08 Å². The fourth-order valence-electron chi connectivity index (χ4n) is 1.22. The topological polar surface area (TPSA) is 70.5 Å². The summed E-state index contributed by atoms with van der Waals surface area (Å²) in [6.07, 6.45) is 8.99. The second-order valence-electron chi connectivity index (χ2n) is 4.65. The van der Waals surface area contributed by atoms with Gasteiger partial charge in [0.15, 0.2) is 0 Å². The number of hydrogen-bond acceptors (Lipinski definition) is 2. The van der Waals surface area contributed by atoms with Gasteiger partial charge in [0.25, 0.3) is 5.78 Å². The van der Waals surface area contributed by atoms with Gasteiger partial charge in [-0.2, -0.15) is 4.79 Å². The van der Waals surface area contributed by atoms with Gasteiger partial charge in [-0.15, -0.1) is 0 Å². The van der Waals surface area contributed by atoms with Gasteiger partial charge in [0.05, 0.1) is 6.08 Å². The monoisotopic (exact) mass is 229 g/mol. The highest BCUT2D eigenvalue weighted by Crippen LogP contribution is 2.17. The Morgan fingerprint density at radius 2 is 2.00 bits per heavy atom. The number of allylic oxidation sites excluding steroid dienone is 6. The molecule has 0 radical (unpaired) electrons. The Balaban J connectivity index is 3.07. The van der Waals surface area contributed by atoms with Gasteiger partial charge in [-0.05, 0) is 0 Å². The molecule has 0 aromatic rings. The molecule has 1 rings (SSSR count). The molecule has 86 valence electrons. The predicted octanol–water partition coefficient (Wildman–Crippen LogP) is 1.70. The van der Waals surface area contributed by atoms with Crippen molar-refractivity contribution in [1.29, 1.82) is 0 Å². The van der Waals surface area contributed by atoms with Gasteiger partial charge in [-0.1, -0.05) is 20.8 Å². The number of nitrogens with zero attached hydrogens (tertiary/aromatic N) is 2. The Labute approximate surface area is 99.9 Å². The first kappa shape index (κ1) is 12.9. The average Bonchev–Trinajstić information content (AvgIpc) is 2.29. The molecule has 0 fully saturated rings. The number of carbonyl (C=O) groups excluding carboxylic acids is 2. The van der Waals surface area contributed by atoms with Crippen LogP contribution in [0.3, 0.4) is 0 Å². The summed E-state index contributed by atoms with van der Waals surface area (Å²) in [5.41, 5.74) is 7.89. The third-order valence-corrected chi connectivity index (χ3v) is 2.18. The molecule has 0 aromatic carbocycles. The number of carbonyl (C=O) groups is 2. The summed E-state index contributed by atoms with van der Waals surface area (Å²) in [5.74, 6) is -1.09. The van der Waals surface area contributed by atoms with E-state index in [2.05, 4.69) is 10.9 Å². The first-order chi connectivity index (χ1) is 7.88. The van der Waals surface area contributed by atoms with Crippen molar-refractivity contribution in [3.05, 3.63) is 41.5 Å². The number of rotatable bonds is 3. The third kappa shape index (κ3) is 2.91. The van der Waals surface area contributed by atoms with E-state index in [9.17, 15) is 9.59 Å². The van der Waals surface area contributed by atoms with Crippen LogP contribution in [0.2, 0.25) is 0 Å². The van der Waals surface area contributed by atoms with Gasteiger partial charge in [0.2, 0.25) is 0 Å². The van der Waals surface area contributed by atoms with Crippen LogP contribution in [0.1, 0.15) is 20.8 Å². The lowest BCUT2D eigenvalue weighted by Crippen LogP contribution is -2.35. The molecular formula is C13H13N2O2+. The van der Waals surface area contributed by atoms with Gasteiger partial charge in [-0.3, -0.25) is 9.59 Å². The Morgan fingerprint density at radius 3 is 2.41 bits per heavy atom. The van der Waals surface area contributed by atoms with Crippen LogP contribution in [0.15, 0.2) is 29.9 Å². The quantitative estimate of drug-likeness (QED) is 0.243. The summed E-state index contributed by atoms with van der Waals surface area (Å²) < 4.78 is 0. The van der Waals surface area contributed by atoms with E-state index in [4.69, 9.17) is 5.53 Å². The zero-order chi connectivity index (χ0) is 13.1. The van der Waals surface area contributed by atoms with Gasteiger partial charge in [-0.25, -0.2) is 0 Å². The van der Waals surface area contributed by atoms with Crippen LogP contribution in [0, 0.1) is 11.5 Å². The van der Waals surface area contributed by atoms with Crippen molar-refractivity contribution in [3.63, 3.8) is 0 Å². The SMILES string of the molecule is CC(C)(C)C(=O)C(=[N+]=[N-])C(=O)C1=CC=C[C+]=C1. The van der Waals surface area contributed by atoms with Crippen molar-refractivity contribution in [2.75, 3.05) is 0 Å². The molecule has 4 heteroatoms. The van der Waals surface area contributed by atoms with Gasteiger partial charge in [0, 0.05) is 17.6 Å². The lowest BCUT2D eigenvalue weighted by Gasteiger charge is -2.11. The molecule has 0 amide bonds. The molecule has 0 atom stereocenters. The van der Waals surface area contributed by atoms with E-state index in [0.717, 1.165) is 0 Å². The summed E-state index contributed by atoms with van der Waals surface area (Å²) in [7, 11) is 0. The van der Waals surface area contributed by atoms with Crippen molar-refractivity contribution in [2.24, 2.45) is 5.41 Å². The second kappa shape index (κ2) is 4.79. The van der Waals surface area contributed by atoms with E-state index in [1.807, 2.05) is 0 Å². The number of Topliss-reactive ketones (excluding diaryl/α,β-unsaturated/α-hetero) is 2. The molecule has 1 aliphatic rings. The van der Waals surface area contributed by atoms with Crippen LogP contribution in [-0.4, -0.2) is 22.1 Å². The van der Waals surface area contributed by atoms with Crippen LogP contribution < -0.4 is 0 Å². The summed E-state index contributed by atoms with van der Waals surface area (Å²) in [6, 6.07) is 0. The second-order valence-corrected chi connectivity index (χ2v) is 4.65. The first-order valence-corrected chi connectivity index (χ1v) is 5.15. The lowest BCUT2D eigenvalue weighted by molar-refractivity contribution is -0.127. The molecule has 0 spiro atoms. The largest absolute Gasteiger partial charge is 0.419 e. The zero-order valence-corrected chi connectivity index (χ0v) is 10.0. The summed E-state index contributed by atoms with van der Waals surface area (Å²) in [4.78, 5) is 26.7. The van der Waals surface area contributed by atoms with Gasteiger partial charge in [0.1, 0.15) is 17.7 Å². The maximum Gasteiger partial charge on any atom is 0.419 e. The minimum absolute atomic E-state index is 0.276. The molecule has 4 nitrogen and oxygen atoms in total. The molecule has 0 saturated carbocycles. The highest BCUT2D eigenvalue weighted by Gasteiger charge is 2.40. The summed E-state index contributed by atoms with van der Waals surface area (Å²) in [6.45, 7) is 4.97. The van der Waals surface area contributed by atoms with Crippen molar-refractivity contribution < 1.29 is 14.4 Å². The Kier molecular flexibility index (Phi) is 3.64. The summed E-state index contributed by atoms with van der Waals surface area (Å²) in [5, 5.41) is 0. The van der Waals surface area contributed by atoms with E-state index in [0.29, 0.717) is 0 Å². The van der Waals surface area contributed by atoms with Crippen LogP contribution in [0.25, 0.3) is 5.53 Å². The van der Waals surface area contributed by atoms with Crippen molar-refractivity contribution >= 4 is 17.3 Å². The van der Waals surface area contributed by atoms with E-state index in [-0.39, 0.29) is 5.57 Å². The van der Waals surface area contributed by atoms with Crippen LogP contribution in [0.5, 0.6) is 0 Å². The fourth-order valence-corrected chi connectivity index (χ4v) is 1.22. The van der Waals surface area contributed by atoms with E-state index in [1.54, 1.807) is 39.0 Å². The highest BCUT2D eigenvalue weighted by molar-refractivity contribution is 6.68. The number of hydrogen-bond donors (Lipinski definition) is 0. The molecule has 0 heterocycles. The first-order valence-electron chi connectivity index (χ1n) is 5.15. The smallest absolute Gasteiger partial charge is 0.360 e. The molecule has 0 unspecified atom stereocenters. The minimum Gasteiger partial charge on any atom is -0.360 e. The predicted molar refractivity (Wildman–Crippen MR) is 63.1 cm³/mol. The standard InChI is InChI=1S/C13H13N2O2/c1-13(2,3)12(17)10(15-14)11(16)9-7-5-4-6-8-9/h4-5,7-8H,1-3H3/q+1. The fraction of sp³-hybridized carbons (Fsp3) is 0.308. The average molecular weight is 229 g/mol. The Morgan fingerprint density at radius 1 is 1.35 bits per heavy atom. The maximum absolute atomic E-state index is 11.9. The molecule has 0 saturated heterocycles. The van der Waals surface area contributed by atoms with E-state index < -0.39 is 22.7 Å². The number of ketones is 2. The van der Waals surface area contributed by atoms with Crippen LogP contribution in [-0.2, 0) is 9.59 Å². The van der Waals surface area contributed by atoms with Crippen molar-refractivity contribution in [1.82, 2.24) is 0 Å². The molecule has 0 N–H and O–H groups in total. The lowest BCUT2D eigenvalue weighted by atomic mass is 9.85. The Hall–Kier alpha value is -2.15. The highest BCUT2D eigenvalue weighted by atomic mass is 16.2. The van der Waals surface area contributed by atoms with Crippen molar-refractivity contribution in [3.8, 4) is 0 Å². The summed E-state index contributed by atoms with van der Waals surface area (Å²) >= 11 is 0. The minimum atomic E-state index is -0.768. The molecular weight excluding hydrogens is 216 g/mol. The molecule has 0 aliphatic heterocycles. The van der Waals surface area contributed by atoms with Crippen LogP contribution >= 0.6 is 0 Å². The third-order valence-electron chi connectivity index (χ3n) is 2.18. The normalized spacial score (nSPS) is 13.5. The van der Waals surface area contributed by atoms with Crippen LogP contribution in [0.4, 0.5) is 0 Å². The van der Waals surface area contributed by atoms with Crippen molar-refractivity contribution in [2.45, 2.75) is 20.8 Å². The molecule has 0 aromatic heterocycles.